The molecule has 2 rings (SSSR count). The Balaban J connectivity index is 1.82. The number of pyridine rings is 1. The van der Waals surface area contributed by atoms with E-state index in [-0.39, 0.29) is 18.2 Å². The number of nitrogens with zero attached hydrogens (tertiary/aromatic N) is 2. The summed E-state index contributed by atoms with van der Waals surface area (Å²) in [6.45, 7) is 2.03. The second-order valence-corrected chi connectivity index (χ2v) is 5.30. The third kappa shape index (κ3) is 5.72. The molecule has 0 fully saturated rings. The summed E-state index contributed by atoms with van der Waals surface area (Å²) in [6.07, 6.45) is 3.11. The van der Waals surface area contributed by atoms with Crippen molar-refractivity contribution in [3.8, 4) is 5.75 Å². The minimum Gasteiger partial charge on any atom is -0.496 e. The summed E-state index contributed by atoms with van der Waals surface area (Å²) in [5, 5.41) is 6.73. The van der Waals surface area contributed by atoms with E-state index in [1.54, 1.807) is 32.4 Å². The number of hydrazone groups is 1. The van der Waals surface area contributed by atoms with Crippen LogP contribution >= 0.6 is 0 Å². The number of aromatic nitrogens is 1. The fourth-order valence-corrected chi connectivity index (χ4v) is 2.09. The third-order valence-corrected chi connectivity index (χ3v) is 3.36. The lowest BCUT2D eigenvalue weighted by atomic mass is 10.2. The second-order valence-electron chi connectivity index (χ2n) is 5.30. The number of para-hydroxylation sites is 1. The van der Waals surface area contributed by atoms with E-state index in [0.29, 0.717) is 17.8 Å². The molecule has 1 aromatic carbocycles. The largest absolute Gasteiger partial charge is 0.496 e. The van der Waals surface area contributed by atoms with E-state index in [1.165, 1.54) is 6.20 Å². The van der Waals surface area contributed by atoms with Gasteiger partial charge in [0.25, 0.3) is 5.91 Å². The standard InChI is InChI=1S/C18H20N4O3/c1-13(21-22-18(24)15-7-5-9-19-11-15)10-17(23)20-12-14-6-3-4-8-16(14)25-2/h3-9,11H,10,12H2,1-2H3,(H,20,23)(H,22,24)/b21-13-. The lowest BCUT2D eigenvalue weighted by Gasteiger charge is -2.09. The summed E-state index contributed by atoms with van der Waals surface area (Å²) in [4.78, 5) is 27.7. The topological polar surface area (TPSA) is 92.7 Å². The zero-order valence-corrected chi connectivity index (χ0v) is 14.2. The van der Waals surface area contributed by atoms with Crippen molar-refractivity contribution in [3.05, 3.63) is 59.9 Å². The molecule has 130 valence electrons. The molecule has 0 unspecified atom stereocenters. The summed E-state index contributed by atoms with van der Waals surface area (Å²) in [5.74, 6) is 0.154. The van der Waals surface area contributed by atoms with Crippen molar-refractivity contribution in [2.45, 2.75) is 19.9 Å². The van der Waals surface area contributed by atoms with Crippen LogP contribution in [0.5, 0.6) is 5.75 Å². The number of carbonyl (C=O) groups is 2. The van der Waals surface area contributed by atoms with Gasteiger partial charge in [-0.2, -0.15) is 5.10 Å². The first-order chi connectivity index (χ1) is 12.1. The average molecular weight is 340 g/mol. The number of ether oxygens (including phenoxy) is 1. The quantitative estimate of drug-likeness (QED) is 0.595. The van der Waals surface area contributed by atoms with Crippen molar-refractivity contribution < 1.29 is 14.3 Å². The maximum absolute atomic E-state index is 12.0. The molecule has 0 aliphatic rings. The Bertz CT molecular complexity index is 760. The molecule has 1 aromatic heterocycles. The van der Waals surface area contributed by atoms with Gasteiger partial charge in [0.15, 0.2) is 0 Å². The molecule has 0 aliphatic heterocycles. The highest BCUT2D eigenvalue weighted by Crippen LogP contribution is 2.16. The predicted octanol–water partition coefficient (Wildman–Crippen LogP) is 1.90. The van der Waals surface area contributed by atoms with Crippen LogP contribution < -0.4 is 15.5 Å². The number of benzene rings is 1. The first kappa shape index (κ1) is 18.1. The van der Waals surface area contributed by atoms with Gasteiger partial charge >= 0.3 is 0 Å². The smallest absolute Gasteiger partial charge is 0.272 e. The zero-order chi connectivity index (χ0) is 18.1. The van der Waals surface area contributed by atoms with Crippen LogP contribution in [0.2, 0.25) is 0 Å². The Kier molecular flexibility index (Phi) is 6.65. The van der Waals surface area contributed by atoms with Crippen molar-refractivity contribution in [3.63, 3.8) is 0 Å². The molecule has 0 bridgehead atoms. The van der Waals surface area contributed by atoms with Gasteiger partial charge < -0.3 is 10.1 Å². The van der Waals surface area contributed by atoms with Crippen molar-refractivity contribution in [1.82, 2.24) is 15.7 Å². The van der Waals surface area contributed by atoms with E-state index in [1.807, 2.05) is 24.3 Å². The molecule has 0 atom stereocenters. The van der Waals surface area contributed by atoms with Crippen LogP contribution in [0.25, 0.3) is 0 Å². The fraction of sp³-hybridized carbons (Fsp3) is 0.222. The van der Waals surface area contributed by atoms with Crippen LogP contribution in [0, 0.1) is 0 Å². The minimum absolute atomic E-state index is 0.0858. The molecule has 7 nitrogen and oxygen atoms in total. The summed E-state index contributed by atoms with van der Waals surface area (Å²) in [5.41, 5.74) is 4.19. The van der Waals surface area contributed by atoms with E-state index >= 15 is 0 Å². The van der Waals surface area contributed by atoms with Gasteiger partial charge in [-0.15, -0.1) is 0 Å². The summed E-state index contributed by atoms with van der Waals surface area (Å²) in [7, 11) is 1.59. The number of methoxy groups -OCH3 is 1. The van der Waals surface area contributed by atoms with Crippen molar-refractivity contribution >= 4 is 17.5 Å². The van der Waals surface area contributed by atoms with Gasteiger partial charge in [0.2, 0.25) is 5.91 Å². The fourth-order valence-electron chi connectivity index (χ4n) is 2.09. The van der Waals surface area contributed by atoms with Gasteiger partial charge in [-0.25, -0.2) is 5.43 Å². The number of carbonyl (C=O) groups excluding carboxylic acids is 2. The summed E-state index contributed by atoms with van der Waals surface area (Å²) in [6, 6.07) is 10.8. The van der Waals surface area contributed by atoms with Gasteiger partial charge in [0, 0.05) is 30.2 Å². The van der Waals surface area contributed by atoms with Crippen LogP contribution in [0.15, 0.2) is 53.9 Å². The molecule has 1 heterocycles. The van der Waals surface area contributed by atoms with Crippen molar-refractivity contribution in [2.75, 3.05) is 7.11 Å². The number of rotatable bonds is 7. The van der Waals surface area contributed by atoms with Gasteiger partial charge in [-0.05, 0) is 25.1 Å². The van der Waals surface area contributed by atoms with E-state index in [0.717, 1.165) is 11.3 Å². The number of nitrogens with one attached hydrogen (secondary N) is 2. The van der Waals surface area contributed by atoms with Gasteiger partial charge in [-0.1, -0.05) is 18.2 Å². The van der Waals surface area contributed by atoms with Crippen LogP contribution in [0.4, 0.5) is 0 Å². The first-order valence-electron chi connectivity index (χ1n) is 7.72. The number of hydrogen-bond acceptors (Lipinski definition) is 5. The molecule has 7 heteroatoms. The highest BCUT2D eigenvalue weighted by atomic mass is 16.5. The molecule has 2 N–H and O–H groups in total. The highest BCUT2D eigenvalue weighted by Gasteiger charge is 2.08. The van der Waals surface area contributed by atoms with Crippen LogP contribution in [-0.4, -0.2) is 29.6 Å². The van der Waals surface area contributed by atoms with E-state index in [9.17, 15) is 9.59 Å². The second kappa shape index (κ2) is 9.17. The molecule has 0 saturated heterocycles. The molecule has 0 saturated carbocycles. The third-order valence-electron chi connectivity index (χ3n) is 3.36. The highest BCUT2D eigenvalue weighted by molar-refractivity contribution is 6.01. The molecule has 0 spiro atoms. The zero-order valence-electron chi connectivity index (χ0n) is 14.2. The molecular formula is C18H20N4O3. The summed E-state index contributed by atoms with van der Waals surface area (Å²) >= 11 is 0. The number of amides is 2. The Morgan fingerprint density at radius 2 is 2.00 bits per heavy atom. The molecular weight excluding hydrogens is 320 g/mol. The predicted molar refractivity (Wildman–Crippen MR) is 94.3 cm³/mol. The Morgan fingerprint density at radius 1 is 1.20 bits per heavy atom. The van der Waals surface area contributed by atoms with Gasteiger partial charge in [0.1, 0.15) is 5.75 Å². The normalized spacial score (nSPS) is 10.9. The van der Waals surface area contributed by atoms with E-state index < -0.39 is 0 Å². The van der Waals surface area contributed by atoms with Crippen molar-refractivity contribution in [2.24, 2.45) is 5.10 Å². The molecule has 2 aromatic rings. The Hall–Kier alpha value is -3.22. The molecule has 0 aliphatic carbocycles. The van der Waals surface area contributed by atoms with E-state index in [2.05, 4.69) is 20.8 Å². The van der Waals surface area contributed by atoms with Crippen molar-refractivity contribution in [1.29, 1.82) is 0 Å². The Labute approximate surface area is 146 Å². The minimum atomic E-state index is -0.373. The van der Waals surface area contributed by atoms with Crippen LogP contribution in [0.3, 0.4) is 0 Å². The maximum atomic E-state index is 12.0. The molecule has 25 heavy (non-hydrogen) atoms. The molecule has 2 amide bonds. The number of hydrogen-bond donors (Lipinski definition) is 2. The molecule has 0 radical (unpaired) electrons. The summed E-state index contributed by atoms with van der Waals surface area (Å²) < 4.78 is 5.24. The first-order valence-corrected chi connectivity index (χ1v) is 7.72. The average Bonchev–Trinajstić information content (AvgIpc) is 2.65. The van der Waals surface area contributed by atoms with Crippen LogP contribution in [0.1, 0.15) is 29.3 Å². The van der Waals surface area contributed by atoms with E-state index in [4.69, 9.17) is 4.74 Å². The maximum Gasteiger partial charge on any atom is 0.272 e. The van der Waals surface area contributed by atoms with Crippen LogP contribution in [-0.2, 0) is 11.3 Å². The lowest BCUT2D eigenvalue weighted by Crippen LogP contribution is -2.26. The monoisotopic (exact) mass is 340 g/mol. The lowest BCUT2D eigenvalue weighted by molar-refractivity contribution is -0.120. The SMILES string of the molecule is COc1ccccc1CNC(=O)C/C(C)=N\NC(=O)c1cccnc1. The van der Waals surface area contributed by atoms with Gasteiger partial charge in [0.05, 0.1) is 19.1 Å². The Morgan fingerprint density at radius 3 is 2.72 bits per heavy atom. The van der Waals surface area contributed by atoms with Gasteiger partial charge in [-0.3, -0.25) is 14.6 Å².